The fourth-order valence-electron chi connectivity index (χ4n) is 1.56. The first kappa shape index (κ1) is 14.4. The van der Waals surface area contributed by atoms with Crippen LogP contribution in [-0.4, -0.2) is 11.0 Å². The number of rotatable bonds is 2. The second-order valence-corrected chi connectivity index (χ2v) is 4.49. The maximum absolute atomic E-state index is 12.4. The zero-order valence-electron chi connectivity index (χ0n) is 10.1. The minimum atomic E-state index is -4.38. The van der Waals surface area contributed by atoms with Gasteiger partial charge in [-0.25, -0.2) is 0 Å². The number of hydrogen-bond donors (Lipinski definition) is 0. The maximum atomic E-state index is 12.4. The fraction of sp³-hybridized carbons (Fsp3) is 0.0714. The Morgan fingerprint density at radius 2 is 1.50 bits per heavy atom. The Morgan fingerprint density at radius 1 is 0.950 bits per heavy atom. The van der Waals surface area contributed by atoms with Gasteiger partial charge in [-0.3, -0.25) is 0 Å². The van der Waals surface area contributed by atoms with E-state index in [4.69, 9.17) is 11.6 Å². The molecule has 0 aliphatic heterocycles. The Balaban J connectivity index is 2.24. The van der Waals surface area contributed by atoms with E-state index in [0.29, 0.717) is 21.0 Å². The van der Waals surface area contributed by atoms with E-state index in [9.17, 15) is 18.4 Å². The van der Waals surface area contributed by atoms with Gasteiger partial charge in [0.2, 0.25) is 5.69 Å². The largest absolute Gasteiger partial charge is 0.618 e. The molecule has 0 atom stereocenters. The lowest BCUT2D eigenvalue weighted by molar-refractivity contribution is -0.354. The quantitative estimate of drug-likeness (QED) is 0.344. The summed E-state index contributed by atoms with van der Waals surface area (Å²) < 4.78 is 37.7. The highest BCUT2D eigenvalue weighted by Crippen LogP contribution is 2.28. The first-order valence-electron chi connectivity index (χ1n) is 5.60. The first-order valence-corrected chi connectivity index (χ1v) is 5.98. The van der Waals surface area contributed by atoms with Crippen molar-refractivity contribution in [3.8, 4) is 0 Å². The minimum Gasteiger partial charge on any atom is -0.618 e. The average molecular weight is 300 g/mol. The van der Waals surface area contributed by atoms with E-state index in [1.54, 1.807) is 12.1 Å². The van der Waals surface area contributed by atoms with Crippen LogP contribution in [0.1, 0.15) is 11.1 Å². The zero-order valence-corrected chi connectivity index (χ0v) is 10.8. The van der Waals surface area contributed by atoms with Crippen LogP contribution in [-0.2, 0) is 6.18 Å². The fourth-order valence-corrected chi connectivity index (χ4v) is 1.68. The Bertz CT molecular complexity index is 618. The summed E-state index contributed by atoms with van der Waals surface area (Å²) in [7, 11) is 0. The van der Waals surface area contributed by atoms with Gasteiger partial charge >= 0.3 is 6.18 Å². The van der Waals surface area contributed by atoms with E-state index >= 15 is 0 Å². The van der Waals surface area contributed by atoms with E-state index in [2.05, 4.69) is 0 Å². The van der Waals surface area contributed by atoms with Crippen molar-refractivity contribution < 1.29 is 17.9 Å². The highest BCUT2D eigenvalue weighted by Gasteiger charge is 2.29. The van der Waals surface area contributed by atoms with Crippen LogP contribution < -0.4 is 0 Å². The van der Waals surface area contributed by atoms with Crippen molar-refractivity contribution in [1.29, 1.82) is 0 Å². The van der Waals surface area contributed by atoms with Crippen molar-refractivity contribution in [3.05, 3.63) is 69.9 Å². The predicted molar refractivity (Wildman–Crippen MR) is 71.3 cm³/mol. The van der Waals surface area contributed by atoms with Gasteiger partial charge in [-0.15, -0.1) is 0 Å². The van der Waals surface area contributed by atoms with E-state index in [1.165, 1.54) is 30.5 Å². The Kier molecular flexibility index (Phi) is 3.99. The lowest BCUT2D eigenvalue weighted by atomic mass is 10.1. The number of alkyl halides is 3. The molecular formula is C14H9ClF3NO. The van der Waals surface area contributed by atoms with Gasteiger partial charge in [0.1, 0.15) is 0 Å². The summed E-state index contributed by atoms with van der Waals surface area (Å²) in [6, 6.07) is 10.5. The molecule has 0 aromatic heterocycles. The molecule has 0 spiro atoms. The van der Waals surface area contributed by atoms with E-state index in [-0.39, 0.29) is 0 Å². The molecule has 2 aromatic rings. The molecule has 0 radical (unpaired) electrons. The predicted octanol–water partition coefficient (Wildman–Crippen LogP) is 4.62. The van der Waals surface area contributed by atoms with Gasteiger partial charge in [-0.1, -0.05) is 11.6 Å². The lowest BCUT2D eigenvalue weighted by Gasteiger charge is -2.06. The first-order chi connectivity index (χ1) is 9.36. The van der Waals surface area contributed by atoms with Gasteiger partial charge in [0, 0.05) is 22.7 Å². The second-order valence-electron chi connectivity index (χ2n) is 4.05. The number of hydrogen-bond acceptors (Lipinski definition) is 1. The third-order valence-corrected chi connectivity index (χ3v) is 2.84. The van der Waals surface area contributed by atoms with E-state index in [0.717, 1.165) is 12.1 Å². The normalized spacial score (nSPS) is 12.5. The zero-order chi connectivity index (χ0) is 14.8. The van der Waals surface area contributed by atoms with Gasteiger partial charge in [-0.2, -0.15) is 17.9 Å². The maximum Gasteiger partial charge on any atom is 0.416 e. The molecule has 20 heavy (non-hydrogen) atoms. The molecule has 0 aliphatic carbocycles. The molecule has 0 fully saturated rings. The van der Waals surface area contributed by atoms with Gasteiger partial charge in [-0.05, 0) is 36.4 Å². The molecule has 0 amide bonds. The van der Waals surface area contributed by atoms with Crippen LogP contribution in [0.25, 0.3) is 0 Å². The van der Waals surface area contributed by atoms with Crippen LogP contribution in [0.5, 0.6) is 0 Å². The highest BCUT2D eigenvalue weighted by molar-refractivity contribution is 6.30. The molecule has 0 unspecified atom stereocenters. The highest BCUT2D eigenvalue weighted by atomic mass is 35.5. The summed E-state index contributed by atoms with van der Waals surface area (Å²) in [4.78, 5) is 0. The van der Waals surface area contributed by atoms with Crippen molar-refractivity contribution in [2.75, 3.05) is 0 Å². The summed E-state index contributed by atoms with van der Waals surface area (Å²) in [5.41, 5.74) is -0.0316. The molecule has 2 rings (SSSR count). The molecule has 2 aromatic carbocycles. The standard InChI is InChI=1S/C14H9ClF3NO/c15-12-5-7-13(8-6-12)19(20)9-10-1-3-11(4-2-10)14(16,17)18/h1-9H/b19-9-. The molecule has 0 N–H and O–H groups in total. The molecule has 2 nitrogen and oxygen atoms in total. The van der Waals surface area contributed by atoms with Crippen molar-refractivity contribution in [1.82, 2.24) is 0 Å². The molecule has 0 heterocycles. The van der Waals surface area contributed by atoms with Crippen LogP contribution in [0.4, 0.5) is 18.9 Å². The van der Waals surface area contributed by atoms with Gasteiger partial charge in [0.05, 0.1) is 5.56 Å². The molecule has 6 heteroatoms. The second kappa shape index (κ2) is 5.54. The smallest absolute Gasteiger partial charge is 0.416 e. The molecule has 0 bridgehead atoms. The van der Waals surface area contributed by atoms with Gasteiger partial charge in [0.15, 0.2) is 6.21 Å². The van der Waals surface area contributed by atoms with Crippen molar-refractivity contribution in [3.63, 3.8) is 0 Å². The topological polar surface area (TPSA) is 26.1 Å². The third kappa shape index (κ3) is 3.51. The molecule has 0 aliphatic rings. The van der Waals surface area contributed by atoms with Crippen LogP contribution in [0.15, 0.2) is 48.5 Å². The van der Waals surface area contributed by atoms with Crippen LogP contribution in [0.2, 0.25) is 5.02 Å². The van der Waals surface area contributed by atoms with Gasteiger partial charge < -0.3 is 5.21 Å². The summed E-state index contributed by atoms with van der Waals surface area (Å²) in [6.07, 6.45) is -3.19. The summed E-state index contributed by atoms with van der Waals surface area (Å²) in [5.74, 6) is 0. The van der Waals surface area contributed by atoms with Crippen molar-refractivity contribution in [2.24, 2.45) is 0 Å². The third-order valence-electron chi connectivity index (χ3n) is 2.59. The van der Waals surface area contributed by atoms with Crippen LogP contribution in [0.3, 0.4) is 0 Å². The summed E-state index contributed by atoms with van der Waals surface area (Å²) in [6.45, 7) is 0. The van der Waals surface area contributed by atoms with Crippen LogP contribution in [0, 0.1) is 5.21 Å². The molecule has 0 saturated heterocycles. The average Bonchev–Trinajstić information content (AvgIpc) is 2.39. The summed E-state index contributed by atoms with van der Waals surface area (Å²) >= 11 is 5.70. The monoisotopic (exact) mass is 299 g/mol. The van der Waals surface area contributed by atoms with Crippen molar-refractivity contribution >= 4 is 23.5 Å². The number of halogens is 4. The Morgan fingerprint density at radius 3 is 2.00 bits per heavy atom. The number of benzene rings is 2. The minimum absolute atomic E-state index is 0.342. The Hall–Kier alpha value is -2.01. The molecule has 0 saturated carbocycles. The van der Waals surface area contributed by atoms with Crippen molar-refractivity contribution in [2.45, 2.75) is 6.18 Å². The van der Waals surface area contributed by atoms with E-state index < -0.39 is 11.7 Å². The number of nitrogens with zero attached hydrogens (tertiary/aromatic N) is 1. The molecule has 104 valence electrons. The molecular weight excluding hydrogens is 291 g/mol. The lowest BCUT2D eigenvalue weighted by Crippen LogP contribution is -2.05. The summed E-state index contributed by atoms with van der Waals surface area (Å²) in [5, 5.41) is 12.3. The van der Waals surface area contributed by atoms with E-state index in [1.807, 2.05) is 0 Å². The van der Waals surface area contributed by atoms with Crippen LogP contribution >= 0.6 is 11.6 Å². The SMILES string of the molecule is [O-]/[N+](=C\c1ccc(C(F)(F)F)cc1)c1ccc(Cl)cc1. The Labute approximate surface area is 118 Å². The van der Waals surface area contributed by atoms with Gasteiger partial charge in [0.25, 0.3) is 0 Å².